The minimum Gasteiger partial charge on any atom is -0.489 e. The summed E-state index contributed by atoms with van der Waals surface area (Å²) in [6.07, 6.45) is 7.00. The van der Waals surface area contributed by atoms with Crippen LogP contribution >= 0.6 is 0 Å². The van der Waals surface area contributed by atoms with Gasteiger partial charge in [0.15, 0.2) is 0 Å². The van der Waals surface area contributed by atoms with Crippen LogP contribution in [-0.2, 0) is 4.79 Å². The van der Waals surface area contributed by atoms with Gasteiger partial charge < -0.3 is 9.64 Å². The van der Waals surface area contributed by atoms with Crippen molar-refractivity contribution in [3.8, 4) is 5.75 Å². The normalized spacial score (nSPS) is 23.8. The minimum absolute atomic E-state index is 0.157. The third-order valence-corrected chi connectivity index (χ3v) is 4.46. The fraction of sp³-hybridized carbons (Fsp3) is 0.588. The zero-order valence-corrected chi connectivity index (χ0v) is 12.0. The first-order valence-corrected chi connectivity index (χ1v) is 7.83. The van der Waals surface area contributed by atoms with Crippen molar-refractivity contribution in [2.45, 2.75) is 44.6 Å². The highest BCUT2D eigenvalue weighted by atomic mass is 16.5. The number of hydrogen-bond acceptors (Lipinski definition) is 2. The van der Waals surface area contributed by atoms with Crippen LogP contribution in [0.15, 0.2) is 30.3 Å². The molecular weight excluding hydrogens is 250 g/mol. The van der Waals surface area contributed by atoms with Crippen LogP contribution in [-0.4, -0.2) is 30.0 Å². The first kappa shape index (κ1) is 13.5. The number of ether oxygens (including phenoxy) is 1. The molecule has 0 radical (unpaired) electrons. The van der Waals surface area contributed by atoms with E-state index in [-0.39, 0.29) is 12.0 Å². The molecule has 108 valence electrons. The van der Waals surface area contributed by atoms with E-state index in [0.29, 0.717) is 5.91 Å². The summed E-state index contributed by atoms with van der Waals surface area (Å²) in [5.74, 6) is 1.55. The molecule has 1 aliphatic carbocycles. The zero-order chi connectivity index (χ0) is 13.8. The molecule has 0 aromatic heterocycles. The molecule has 1 aromatic rings. The van der Waals surface area contributed by atoms with Gasteiger partial charge in [-0.15, -0.1) is 0 Å². The van der Waals surface area contributed by atoms with E-state index < -0.39 is 0 Å². The number of hydrogen-bond donors (Lipinski definition) is 0. The lowest BCUT2D eigenvalue weighted by molar-refractivity contribution is -0.135. The monoisotopic (exact) mass is 273 g/mol. The molecule has 0 spiro atoms. The van der Waals surface area contributed by atoms with E-state index >= 15 is 0 Å². The lowest BCUT2D eigenvalue weighted by atomic mass is 9.88. The van der Waals surface area contributed by atoms with Crippen molar-refractivity contribution in [2.24, 2.45) is 5.92 Å². The van der Waals surface area contributed by atoms with Gasteiger partial charge in [-0.2, -0.15) is 0 Å². The van der Waals surface area contributed by atoms with Gasteiger partial charge in [0.2, 0.25) is 5.91 Å². The van der Waals surface area contributed by atoms with E-state index in [0.717, 1.165) is 38.1 Å². The van der Waals surface area contributed by atoms with Crippen molar-refractivity contribution in [1.29, 1.82) is 0 Å². The molecule has 0 N–H and O–H groups in total. The molecule has 1 atom stereocenters. The van der Waals surface area contributed by atoms with Crippen LogP contribution in [0.4, 0.5) is 0 Å². The van der Waals surface area contributed by atoms with Crippen molar-refractivity contribution in [3.63, 3.8) is 0 Å². The highest BCUT2D eigenvalue weighted by Crippen LogP contribution is 2.27. The van der Waals surface area contributed by atoms with Gasteiger partial charge in [0, 0.05) is 18.9 Å². The molecule has 20 heavy (non-hydrogen) atoms. The largest absolute Gasteiger partial charge is 0.489 e. The first-order chi connectivity index (χ1) is 9.83. The summed E-state index contributed by atoms with van der Waals surface area (Å²) >= 11 is 0. The summed E-state index contributed by atoms with van der Waals surface area (Å²) in [4.78, 5) is 14.5. The van der Waals surface area contributed by atoms with Crippen molar-refractivity contribution >= 4 is 5.91 Å². The molecule has 3 heteroatoms. The van der Waals surface area contributed by atoms with Crippen LogP contribution in [0.25, 0.3) is 0 Å². The lowest BCUT2D eigenvalue weighted by Gasteiger charge is -2.26. The van der Waals surface area contributed by atoms with Gasteiger partial charge in [-0.3, -0.25) is 4.79 Å². The van der Waals surface area contributed by atoms with Crippen LogP contribution in [0, 0.1) is 5.92 Å². The summed E-state index contributed by atoms with van der Waals surface area (Å²) in [6.45, 7) is 1.61. The summed E-state index contributed by atoms with van der Waals surface area (Å²) in [6, 6.07) is 9.90. The Hall–Kier alpha value is -1.51. The summed E-state index contributed by atoms with van der Waals surface area (Å²) in [5, 5.41) is 0. The maximum absolute atomic E-state index is 12.5. The topological polar surface area (TPSA) is 29.5 Å². The third kappa shape index (κ3) is 3.14. The number of nitrogens with zero attached hydrogens (tertiary/aromatic N) is 1. The second-order valence-corrected chi connectivity index (χ2v) is 5.96. The van der Waals surface area contributed by atoms with Gasteiger partial charge in [0.25, 0.3) is 0 Å². The summed E-state index contributed by atoms with van der Waals surface area (Å²) in [5.41, 5.74) is 0. The Bertz CT molecular complexity index is 440. The molecule has 1 saturated carbocycles. The Kier molecular flexibility index (Phi) is 4.24. The van der Waals surface area contributed by atoms with E-state index in [1.807, 2.05) is 35.2 Å². The maximum Gasteiger partial charge on any atom is 0.225 e. The predicted octanol–water partition coefficient (Wildman–Crippen LogP) is 3.25. The second kappa shape index (κ2) is 6.29. The minimum atomic E-state index is 0.157. The molecule has 1 aromatic carbocycles. The molecule has 1 heterocycles. The molecule has 1 amide bonds. The summed E-state index contributed by atoms with van der Waals surface area (Å²) in [7, 11) is 0. The van der Waals surface area contributed by atoms with E-state index in [9.17, 15) is 4.79 Å². The molecule has 2 fully saturated rings. The first-order valence-electron chi connectivity index (χ1n) is 7.83. The van der Waals surface area contributed by atoms with Crippen molar-refractivity contribution in [3.05, 3.63) is 30.3 Å². The van der Waals surface area contributed by atoms with Crippen LogP contribution in [0.1, 0.15) is 38.5 Å². The quantitative estimate of drug-likeness (QED) is 0.846. The Morgan fingerprint density at radius 3 is 2.55 bits per heavy atom. The van der Waals surface area contributed by atoms with Crippen LogP contribution < -0.4 is 4.74 Å². The van der Waals surface area contributed by atoms with Crippen molar-refractivity contribution in [1.82, 2.24) is 4.90 Å². The molecule has 0 bridgehead atoms. The number of likely N-dealkylation sites (tertiary alicyclic amines) is 1. The smallest absolute Gasteiger partial charge is 0.225 e. The van der Waals surface area contributed by atoms with Crippen molar-refractivity contribution < 1.29 is 9.53 Å². The van der Waals surface area contributed by atoms with Crippen LogP contribution in [0.5, 0.6) is 5.75 Å². The molecule has 3 rings (SSSR count). The maximum atomic E-state index is 12.5. The fourth-order valence-electron chi connectivity index (χ4n) is 3.32. The predicted molar refractivity (Wildman–Crippen MR) is 78.6 cm³/mol. The Morgan fingerprint density at radius 1 is 1.05 bits per heavy atom. The van der Waals surface area contributed by atoms with Gasteiger partial charge in [0.05, 0.1) is 6.54 Å². The Morgan fingerprint density at radius 2 is 1.80 bits per heavy atom. The highest BCUT2D eigenvalue weighted by Gasteiger charge is 2.32. The molecule has 3 nitrogen and oxygen atoms in total. The van der Waals surface area contributed by atoms with E-state index in [2.05, 4.69) is 0 Å². The highest BCUT2D eigenvalue weighted by molar-refractivity contribution is 5.79. The number of carbonyl (C=O) groups is 1. The van der Waals surface area contributed by atoms with Gasteiger partial charge in [-0.1, -0.05) is 37.5 Å². The Balaban J connectivity index is 1.52. The number of carbonyl (C=O) groups excluding carboxylic acids is 1. The Labute approximate surface area is 120 Å². The lowest BCUT2D eigenvalue weighted by Crippen LogP contribution is -2.36. The molecule has 2 aliphatic rings. The van der Waals surface area contributed by atoms with Gasteiger partial charge in [-0.05, 0) is 25.0 Å². The average molecular weight is 273 g/mol. The number of para-hydroxylation sites is 1. The van der Waals surface area contributed by atoms with Crippen LogP contribution in [0.2, 0.25) is 0 Å². The molecule has 1 saturated heterocycles. The van der Waals surface area contributed by atoms with Gasteiger partial charge >= 0.3 is 0 Å². The fourth-order valence-corrected chi connectivity index (χ4v) is 3.32. The van der Waals surface area contributed by atoms with E-state index in [1.54, 1.807) is 0 Å². The molecule has 0 unspecified atom stereocenters. The second-order valence-electron chi connectivity index (χ2n) is 5.96. The van der Waals surface area contributed by atoms with Gasteiger partial charge in [-0.25, -0.2) is 0 Å². The van der Waals surface area contributed by atoms with Crippen molar-refractivity contribution in [2.75, 3.05) is 13.1 Å². The molecule has 1 aliphatic heterocycles. The SMILES string of the molecule is O=C(C1CCCCC1)N1CC[C@@H](Oc2ccccc2)C1. The number of rotatable bonds is 3. The number of benzene rings is 1. The van der Waals surface area contributed by atoms with Crippen LogP contribution in [0.3, 0.4) is 0 Å². The standard InChI is InChI=1S/C17H23NO2/c19-17(14-7-3-1-4-8-14)18-12-11-16(13-18)20-15-9-5-2-6-10-15/h2,5-6,9-10,14,16H,1,3-4,7-8,11-13H2/t16-/m1/s1. The van der Waals surface area contributed by atoms with E-state index in [4.69, 9.17) is 4.74 Å². The van der Waals surface area contributed by atoms with E-state index in [1.165, 1.54) is 19.3 Å². The summed E-state index contributed by atoms with van der Waals surface area (Å²) < 4.78 is 5.95. The average Bonchev–Trinajstić information content (AvgIpc) is 2.97. The zero-order valence-electron chi connectivity index (χ0n) is 12.0. The third-order valence-electron chi connectivity index (χ3n) is 4.46. The molecular formula is C17H23NO2. The number of amides is 1. The van der Waals surface area contributed by atoms with Gasteiger partial charge in [0.1, 0.15) is 11.9 Å².